The van der Waals surface area contributed by atoms with Crippen LogP contribution in [0.3, 0.4) is 0 Å². The van der Waals surface area contributed by atoms with E-state index in [0.29, 0.717) is 0 Å². The van der Waals surface area contributed by atoms with Gasteiger partial charge in [-0.2, -0.15) is 0 Å². The van der Waals surface area contributed by atoms with Crippen molar-refractivity contribution in [2.45, 2.75) is 32.6 Å². The molecular formula is C29H32INO. The molecule has 0 radical (unpaired) electrons. The maximum absolute atomic E-state index is 6.05. The third-order valence-corrected chi connectivity index (χ3v) is 6.86. The number of nitrogens with zero attached hydrogens (tertiary/aromatic N) is 1. The molecule has 3 heteroatoms. The van der Waals surface area contributed by atoms with Crippen molar-refractivity contribution in [2.24, 2.45) is 0 Å². The number of hydrogen-bond donors (Lipinski definition) is 0. The van der Waals surface area contributed by atoms with Crippen LogP contribution in [0.25, 0.3) is 11.1 Å². The van der Waals surface area contributed by atoms with Crippen molar-refractivity contribution < 1.29 is 4.74 Å². The first-order valence-corrected chi connectivity index (χ1v) is 12.8. The fourth-order valence-electron chi connectivity index (χ4n) is 4.50. The van der Waals surface area contributed by atoms with Gasteiger partial charge in [-0.1, -0.05) is 61.5 Å². The average molecular weight is 537 g/mol. The Morgan fingerprint density at radius 1 is 0.812 bits per heavy atom. The van der Waals surface area contributed by atoms with Crippen molar-refractivity contribution in [1.29, 1.82) is 0 Å². The standard InChI is InChI=1S/C29H32INO/c1-2-28(23-9-4-3-5-10-23)29(24-11-15-26(30)16-12-24)25-13-17-27(18-14-25)32-22-8-21-31-19-6-7-20-31/h3-5,9-18H,2,6-8,19-22H2,1H3/b29-28+. The number of allylic oxidation sites excluding steroid dienone is 1. The van der Waals surface area contributed by atoms with Crippen LogP contribution in [0.4, 0.5) is 0 Å². The van der Waals surface area contributed by atoms with Gasteiger partial charge in [0.05, 0.1) is 6.61 Å². The van der Waals surface area contributed by atoms with E-state index in [1.165, 1.54) is 57.3 Å². The third-order valence-electron chi connectivity index (χ3n) is 6.14. The zero-order valence-corrected chi connectivity index (χ0v) is 21.1. The van der Waals surface area contributed by atoms with Crippen molar-refractivity contribution in [2.75, 3.05) is 26.2 Å². The lowest BCUT2D eigenvalue weighted by molar-refractivity contribution is 0.263. The molecule has 0 unspecified atom stereocenters. The summed E-state index contributed by atoms with van der Waals surface area (Å²) in [5.74, 6) is 0.954. The Balaban J connectivity index is 1.56. The monoisotopic (exact) mass is 537 g/mol. The largest absolute Gasteiger partial charge is 0.494 e. The molecule has 32 heavy (non-hydrogen) atoms. The zero-order valence-electron chi connectivity index (χ0n) is 18.9. The van der Waals surface area contributed by atoms with E-state index in [1.54, 1.807) is 0 Å². The first-order chi connectivity index (χ1) is 15.7. The SMILES string of the molecule is CC/C(=C(/c1ccc(I)cc1)c1ccc(OCCCN2CCCC2)cc1)c1ccccc1. The lowest BCUT2D eigenvalue weighted by Gasteiger charge is -2.17. The number of halogens is 1. The molecule has 0 aliphatic carbocycles. The van der Waals surface area contributed by atoms with Gasteiger partial charge in [0, 0.05) is 10.1 Å². The number of rotatable bonds is 9. The molecule has 0 spiro atoms. The molecular weight excluding hydrogens is 505 g/mol. The van der Waals surface area contributed by atoms with Gasteiger partial charge in [0.2, 0.25) is 0 Å². The normalized spacial score (nSPS) is 14.9. The van der Waals surface area contributed by atoms with Gasteiger partial charge in [-0.15, -0.1) is 0 Å². The van der Waals surface area contributed by atoms with Gasteiger partial charge >= 0.3 is 0 Å². The molecule has 0 amide bonds. The summed E-state index contributed by atoms with van der Waals surface area (Å²) in [4.78, 5) is 2.54. The molecule has 3 aromatic rings. The van der Waals surface area contributed by atoms with E-state index in [-0.39, 0.29) is 0 Å². The van der Waals surface area contributed by atoms with Gasteiger partial charge in [-0.25, -0.2) is 0 Å². The molecule has 166 valence electrons. The van der Waals surface area contributed by atoms with Crippen molar-refractivity contribution in [3.05, 3.63) is 99.1 Å². The number of ether oxygens (including phenoxy) is 1. The molecule has 3 aromatic carbocycles. The Morgan fingerprint density at radius 3 is 2.06 bits per heavy atom. The van der Waals surface area contributed by atoms with Crippen LogP contribution in [0, 0.1) is 3.57 Å². The van der Waals surface area contributed by atoms with Gasteiger partial charge < -0.3 is 9.64 Å². The summed E-state index contributed by atoms with van der Waals surface area (Å²) in [7, 11) is 0. The minimum atomic E-state index is 0.778. The molecule has 0 saturated carbocycles. The van der Waals surface area contributed by atoms with E-state index in [2.05, 4.69) is 113 Å². The lowest BCUT2D eigenvalue weighted by Crippen LogP contribution is -2.21. The smallest absolute Gasteiger partial charge is 0.119 e. The Morgan fingerprint density at radius 2 is 1.44 bits per heavy atom. The highest BCUT2D eigenvalue weighted by Gasteiger charge is 2.14. The highest BCUT2D eigenvalue weighted by atomic mass is 127. The molecule has 0 aromatic heterocycles. The summed E-state index contributed by atoms with van der Waals surface area (Å²) >= 11 is 2.37. The molecule has 0 N–H and O–H groups in total. The van der Waals surface area contributed by atoms with Crippen LogP contribution in [-0.4, -0.2) is 31.1 Å². The molecule has 1 fully saturated rings. The maximum atomic E-state index is 6.05. The van der Waals surface area contributed by atoms with Crippen LogP contribution < -0.4 is 4.74 Å². The lowest BCUT2D eigenvalue weighted by atomic mass is 9.88. The first-order valence-electron chi connectivity index (χ1n) is 11.7. The minimum absolute atomic E-state index is 0.778. The number of likely N-dealkylation sites (tertiary alicyclic amines) is 1. The van der Waals surface area contributed by atoms with Crippen LogP contribution in [0.15, 0.2) is 78.9 Å². The van der Waals surface area contributed by atoms with Crippen molar-refractivity contribution in [3.8, 4) is 5.75 Å². The van der Waals surface area contributed by atoms with Gasteiger partial charge in [0.15, 0.2) is 0 Å². The highest BCUT2D eigenvalue weighted by molar-refractivity contribution is 14.1. The van der Waals surface area contributed by atoms with Crippen molar-refractivity contribution in [1.82, 2.24) is 4.90 Å². The summed E-state index contributed by atoms with van der Waals surface area (Å²) < 4.78 is 7.30. The van der Waals surface area contributed by atoms with Gasteiger partial charge in [-0.05, 0) is 113 Å². The van der Waals surface area contributed by atoms with E-state index < -0.39 is 0 Å². The maximum Gasteiger partial charge on any atom is 0.119 e. The third kappa shape index (κ3) is 6.02. The second-order valence-corrected chi connectivity index (χ2v) is 9.60. The van der Waals surface area contributed by atoms with Crippen LogP contribution in [0.1, 0.15) is 49.3 Å². The molecule has 1 saturated heterocycles. The quantitative estimate of drug-likeness (QED) is 0.159. The fraction of sp³-hybridized carbons (Fsp3) is 0.310. The van der Waals surface area contributed by atoms with E-state index in [9.17, 15) is 0 Å². The molecule has 2 nitrogen and oxygen atoms in total. The summed E-state index contributed by atoms with van der Waals surface area (Å²) in [5.41, 5.74) is 6.44. The highest BCUT2D eigenvalue weighted by Crippen LogP contribution is 2.35. The summed E-state index contributed by atoms with van der Waals surface area (Å²) in [6.07, 6.45) is 4.76. The van der Waals surface area contributed by atoms with Crippen LogP contribution in [-0.2, 0) is 0 Å². The van der Waals surface area contributed by atoms with Crippen molar-refractivity contribution in [3.63, 3.8) is 0 Å². The number of hydrogen-bond acceptors (Lipinski definition) is 2. The van der Waals surface area contributed by atoms with Gasteiger partial charge in [0.25, 0.3) is 0 Å². The molecule has 0 atom stereocenters. The minimum Gasteiger partial charge on any atom is -0.494 e. The van der Waals surface area contributed by atoms with E-state index in [0.717, 1.165) is 31.7 Å². The Kier molecular flexibility index (Phi) is 8.41. The average Bonchev–Trinajstić information content (AvgIpc) is 3.36. The zero-order chi connectivity index (χ0) is 22.2. The molecule has 1 heterocycles. The Bertz CT molecular complexity index is 1000. The summed E-state index contributed by atoms with van der Waals surface area (Å²) in [5, 5.41) is 0. The predicted octanol–water partition coefficient (Wildman–Crippen LogP) is 7.53. The van der Waals surface area contributed by atoms with Crippen molar-refractivity contribution >= 4 is 33.7 Å². The summed E-state index contributed by atoms with van der Waals surface area (Å²) in [6, 6.07) is 28.2. The fourth-order valence-corrected chi connectivity index (χ4v) is 4.86. The molecule has 4 rings (SSSR count). The molecule has 0 bridgehead atoms. The first kappa shape index (κ1) is 23.1. The second-order valence-electron chi connectivity index (χ2n) is 8.36. The summed E-state index contributed by atoms with van der Waals surface area (Å²) in [6.45, 7) is 6.68. The Labute approximate surface area is 206 Å². The molecule has 1 aliphatic heterocycles. The second kappa shape index (κ2) is 11.7. The van der Waals surface area contributed by atoms with Gasteiger partial charge in [-0.3, -0.25) is 0 Å². The molecule has 1 aliphatic rings. The Hall–Kier alpha value is -2.11. The topological polar surface area (TPSA) is 12.5 Å². The van der Waals surface area contributed by atoms with E-state index in [4.69, 9.17) is 4.74 Å². The van der Waals surface area contributed by atoms with Crippen LogP contribution in [0.2, 0.25) is 0 Å². The van der Waals surface area contributed by atoms with E-state index >= 15 is 0 Å². The van der Waals surface area contributed by atoms with Gasteiger partial charge in [0.1, 0.15) is 5.75 Å². The van der Waals surface area contributed by atoms with Crippen LogP contribution >= 0.6 is 22.6 Å². The van der Waals surface area contributed by atoms with E-state index in [1.807, 2.05) is 0 Å². The number of benzene rings is 3. The predicted molar refractivity (Wildman–Crippen MR) is 144 cm³/mol. The van der Waals surface area contributed by atoms with Crippen LogP contribution in [0.5, 0.6) is 5.75 Å².